The summed E-state index contributed by atoms with van der Waals surface area (Å²) in [6.07, 6.45) is 1.64. The molecule has 0 aliphatic carbocycles. The molecular formula is C21H34N4O3. The summed E-state index contributed by atoms with van der Waals surface area (Å²) in [4.78, 5) is 29.5. The molecule has 7 heteroatoms. The number of carbonyl (C=O) groups is 2. The number of likely N-dealkylation sites (tertiary alicyclic amines) is 1. The van der Waals surface area contributed by atoms with E-state index in [0.29, 0.717) is 19.6 Å². The highest BCUT2D eigenvalue weighted by atomic mass is 16.4. The maximum Gasteiger partial charge on any atom is 0.317 e. The molecule has 1 fully saturated rings. The smallest absolute Gasteiger partial charge is 0.317 e. The number of amides is 2. The van der Waals surface area contributed by atoms with Crippen LogP contribution in [-0.2, 0) is 4.79 Å². The molecule has 1 aromatic carbocycles. The highest BCUT2D eigenvalue weighted by Gasteiger charge is 2.27. The molecule has 2 amide bonds. The fourth-order valence-electron chi connectivity index (χ4n) is 3.81. The maximum atomic E-state index is 12.5. The fourth-order valence-corrected chi connectivity index (χ4v) is 3.81. The van der Waals surface area contributed by atoms with Crippen molar-refractivity contribution in [2.45, 2.75) is 39.7 Å². The third kappa shape index (κ3) is 6.41. The Hall–Kier alpha value is -2.28. The van der Waals surface area contributed by atoms with Crippen molar-refractivity contribution in [2.24, 2.45) is 0 Å². The van der Waals surface area contributed by atoms with Crippen LogP contribution in [0, 0.1) is 6.92 Å². The number of carboxylic acid groups (broad SMARTS) is 1. The molecule has 0 aromatic heterocycles. The van der Waals surface area contributed by atoms with Gasteiger partial charge in [0.15, 0.2) is 0 Å². The monoisotopic (exact) mass is 390 g/mol. The molecule has 1 heterocycles. The van der Waals surface area contributed by atoms with Crippen molar-refractivity contribution >= 4 is 17.7 Å². The Kier molecular flexibility index (Phi) is 8.57. The van der Waals surface area contributed by atoms with Crippen LogP contribution < -0.4 is 10.2 Å². The summed E-state index contributed by atoms with van der Waals surface area (Å²) in [7, 11) is 0. The zero-order valence-corrected chi connectivity index (χ0v) is 17.4. The Labute approximate surface area is 168 Å². The first kappa shape index (κ1) is 22.0. The van der Waals surface area contributed by atoms with Crippen molar-refractivity contribution in [2.75, 3.05) is 50.7 Å². The SMILES string of the molecule is CCN(CCNC(=O)N1CCC(N(CC)CC(=O)O)CC1)c1cccc(C)c1. The number of urea groups is 1. The molecule has 0 radical (unpaired) electrons. The lowest BCUT2D eigenvalue weighted by Crippen LogP contribution is -2.51. The summed E-state index contributed by atoms with van der Waals surface area (Å²) >= 11 is 0. The summed E-state index contributed by atoms with van der Waals surface area (Å²) in [5, 5.41) is 12.1. The van der Waals surface area contributed by atoms with Crippen molar-refractivity contribution < 1.29 is 14.7 Å². The molecule has 28 heavy (non-hydrogen) atoms. The van der Waals surface area contributed by atoms with Crippen LogP contribution in [0.3, 0.4) is 0 Å². The third-order valence-electron chi connectivity index (χ3n) is 5.42. The van der Waals surface area contributed by atoms with E-state index in [-0.39, 0.29) is 18.6 Å². The number of carbonyl (C=O) groups excluding carboxylic acids is 1. The van der Waals surface area contributed by atoms with Crippen molar-refractivity contribution in [1.29, 1.82) is 0 Å². The molecule has 7 nitrogen and oxygen atoms in total. The Morgan fingerprint density at radius 2 is 1.93 bits per heavy atom. The number of anilines is 1. The number of aliphatic carboxylic acids is 1. The Bertz CT molecular complexity index is 644. The first-order valence-corrected chi connectivity index (χ1v) is 10.2. The third-order valence-corrected chi connectivity index (χ3v) is 5.42. The molecule has 0 spiro atoms. The van der Waals surface area contributed by atoms with Crippen LogP contribution in [0.1, 0.15) is 32.3 Å². The normalized spacial score (nSPS) is 14.9. The minimum Gasteiger partial charge on any atom is -0.480 e. The van der Waals surface area contributed by atoms with Crippen LogP contribution in [0.2, 0.25) is 0 Å². The van der Waals surface area contributed by atoms with Gasteiger partial charge in [-0.05, 0) is 50.9 Å². The molecule has 2 N–H and O–H groups in total. The van der Waals surface area contributed by atoms with E-state index in [4.69, 9.17) is 5.11 Å². The largest absolute Gasteiger partial charge is 0.480 e. The van der Waals surface area contributed by atoms with E-state index in [9.17, 15) is 9.59 Å². The molecule has 0 atom stereocenters. The van der Waals surface area contributed by atoms with Gasteiger partial charge in [0.05, 0.1) is 6.54 Å². The van der Waals surface area contributed by atoms with Crippen molar-refractivity contribution in [3.8, 4) is 0 Å². The zero-order valence-electron chi connectivity index (χ0n) is 17.4. The second-order valence-corrected chi connectivity index (χ2v) is 7.33. The van der Waals surface area contributed by atoms with E-state index in [1.165, 1.54) is 11.3 Å². The number of hydrogen-bond acceptors (Lipinski definition) is 4. The number of nitrogens with one attached hydrogen (secondary N) is 1. The highest BCUT2D eigenvalue weighted by Crippen LogP contribution is 2.17. The van der Waals surface area contributed by atoms with Crippen LogP contribution in [0.4, 0.5) is 10.5 Å². The van der Waals surface area contributed by atoms with Gasteiger partial charge in [-0.2, -0.15) is 0 Å². The summed E-state index contributed by atoms with van der Waals surface area (Å²) in [5.41, 5.74) is 2.41. The van der Waals surface area contributed by atoms with Crippen LogP contribution in [0.15, 0.2) is 24.3 Å². The Morgan fingerprint density at radius 3 is 2.50 bits per heavy atom. The predicted molar refractivity (Wildman–Crippen MR) is 112 cm³/mol. The molecule has 1 aliphatic rings. The van der Waals surface area contributed by atoms with Crippen LogP contribution >= 0.6 is 0 Å². The molecule has 2 rings (SSSR count). The Morgan fingerprint density at radius 1 is 1.21 bits per heavy atom. The average molecular weight is 391 g/mol. The van der Waals surface area contributed by atoms with Gasteiger partial charge < -0.3 is 20.2 Å². The number of nitrogens with zero attached hydrogens (tertiary/aromatic N) is 3. The lowest BCUT2D eigenvalue weighted by atomic mass is 10.0. The number of carboxylic acids is 1. The second-order valence-electron chi connectivity index (χ2n) is 7.33. The lowest BCUT2D eigenvalue weighted by molar-refractivity contribution is -0.139. The van der Waals surface area contributed by atoms with E-state index in [0.717, 1.165) is 32.5 Å². The minimum atomic E-state index is -0.795. The van der Waals surface area contributed by atoms with Gasteiger partial charge >= 0.3 is 12.0 Å². The summed E-state index contributed by atoms with van der Waals surface area (Å²) in [5.74, 6) is -0.795. The molecule has 1 aliphatic heterocycles. The highest BCUT2D eigenvalue weighted by molar-refractivity contribution is 5.74. The van der Waals surface area contributed by atoms with Crippen LogP contribution in [0.25, 0.3) is 0 Å². The second kappa shape index (κ2) is 10.9. The van der Waals surface area contributed by atoms with Crippen LogP contribution in [-0.4, -0.2) is 78.8 Å². The van der Waals surface area contributed by atoms with Gasteiger partial charge in [-0.15, -0.1) is 0 Å². The summed E-state index contributed by atoms with van der Waals surface area (Å²) in [6, 6.07) is 8.60. The summed E-state index contributed by atoms with van der Waals surface area (Å²) < 4.78 is 0. The Balaban J connectivity index is 1.76. The molecule has 0 saturated carbocycles. The van der Waals surface area contributed by atoms with Gasteiger partial charge in [-0.3, -0.25) is 9.69 Å². The van der Waals surface area contributed by atoms with E-state index >= 15 is 0 Å². The fraction of sp³-hybridized carbons (Fsp3) is 0.619. The number of aryl methyl sites for hydroxylation is 1. The molecular weight excluding hydrogens is 356 g/mol. The lowest BCUT2D eigenvalue weighted by Gasteiger charge is -2.37. The standard InChI is InChI=1S/C21H34N4O3/c1-4-23(19-8-6-7-17(3)15-19)14-11-22-21(28)25-12-9-18(10-13-25)24(5-2)16-20(26)27/h6-8,15,18H,4-5,9-14,16H2,1-3H3,(H,22,28)(H,26,27). The number of rotatable bonds is 9. The predicted octanol–water partition coefficient (Wildman–Crippen LogP) is 2.40. The van der Waals surface area contributed by atoms with Gasteiger partial charge in [-0.1, -0.05) is 19.1 Å². The van der Waals surface area contributed by atoms with E-state index in [1.54, 1.807) is 0 Å². The number of piperidine rings is 1. The maximum absolute atomic E-state index is 12.5. The van der Waals surface area contributed by atoms with Crippen molar-refractivity contribution in [3.05, 3.63) is 29.8 Å². The quantitative estimate of drug-likeness (QED) is 0.677. The molecule has 0 unspecified atom stereocenters. The number of benzene rings is 1. The minimum absolute atomic E-state index is 0.0278. The van der Waals surface area contributed by atoms with Gasteiger partial charge in [-0.25, -0.2) is 4.79 Å². The number of hydrogen-bond donors (Lipinski definition) is 2. The van der Waals surface area contributed by atoms with Gasteiger partial charge in [0.1, 0.15) is 0 Å². The van der Waals surface area contributed by atoms with Crippen molar-refractivity contribution in [1.82, 2.24) is 15.1 Å². The van der Waals surface area contributed by atoms with Gasteiger partial charge in [0.2, 0.25) is 0 Å². The summed E-state index contributed by atoms with van der Waals surface area (Å²) in [6.45, 7) is 10.6. The molecule has 1 saturated heterocycles. The first-order valence-electron chi connectivity index (χ1n) is 10.2. The van der Waals surface area contributed by atoms with Gasteiger partial charge in [0, 0.05) is 44.5 Å². The topological polar surface area (TPSA) is 76.1 Å². The van der Waals surface area contributed by atoms with Crippen molar-refractivity contribution in [3.63, 3.8) is 0 Å². The van der Waals surface area contributed by atoms with E-state index < -0.39 is 5.97 Å². The first-order chi connectivity index (χ1) is 13.4. The van der Waals surface area contributed by atoms with Crippen LogP contribution in [0.5, 0.6) is 0 Å². The van der Waals surface area contributed by atoms with Gasteiger partial charge in [0.25, 0.3) is 0 Å². The zero-order chi connectivity index (χ0) is 20.5. The van der Waals surface area contributed by atoms with E-state index in [1.807, 2.05) is 16.7 Å². The molecule has 1 aromatic rings. The number of likely N-dealkylation sites (N-methyl/N-ethyl adjacent to an activating group) is 2. The molecule has 0 bridgehead atoms. The molecule has 156 valence electrons. The average Bonchev–Trinajstić information content (AvgIpc) is 2.69. The van der Waals surface area contributed by atoms with E-state index in [2.05, 4.69) is 48.3 Å².